The maximum Gasteiger partial charge on any atom is 0.0521 e. The van der Waals surface area contributed by atoms with E-state index in [1.807, 2.05) is 31.8 Å². The van der Waals surface area contributed by atoms with Crippen LogP contribution in [0.5, 0.6) is 0 Å². The van der Waals surface area contributed by atoms with Gasteiger partial charge in [-0.15, -0.1) is 0 Å². The van der Waals surface area contributed by atoms with Crippen LogP contribution in [-0.4, -0.2) is 9.78 Å². The SMILES string of the molecule is CC.CCC(Cc1cnn(C)c1)CC(C)C. The van der Waals surface area contributed by atoms with Crippen LogP contribution in [-0.2, 0) is 13.5 Å². The summed E-state index contributed by atoms with van der Waals surface area (Å²) in [5.41, 5.74) is 1.38. The Balaban J connectivity index is 0.00000106. The topological polar surface area (TPSA) is 17.8 Å². The largest absolute Gasteiger partial charge is 0.276 e. The number of hydrogen-bond acceptors (Lipinski definition) is 1. The first kappa shape index (κ1) is 15.2. The van der Waals surface area contributed by atoms with Crippen molar-refractivity contribution in [2.45, 2.75) is 53.9 Å². The fourth-order valence-corrected chi connectivity index (χ4v) is 1.97. The van der Waals surface area contributed by atoms with E-state index in [0.29, 0.717) is 0 Å². The summed E-state index contributed by atoms with van der Waals surface area (Å²) in [6.07, 6.45) is 7.90. The average molecular weight is 224 g/mol. The first-order chi connectivity index (χ1) is 7.61. The third-order valence-electron chi connectivity index (χ3n) is 2.66. The molecule has 2 heteroatoms. The van der Waals surface area contributed by atoms with Crippen LogP contribution in [0.2, 0.25) is 0 Å². The quantitative estimate of drug-likeness (QED) is 0.737. The monoisotopic (exact) mass is 224 g/mol. The molecule has 0 N–H and O–H groups in total. The van der Waals surface area contributed by atoms with Crippen LogP contribution < -0.4 is 0 Å². The molecule has 1 aromatic heterocycles. The molecular weight excluding hydrogens is 196 g/mol. The Kier molecular flexibility index (Phi) is 7.96. The van der Waals surface area contributed by atoms with Crippen molar-refractivity contribution in [3.05, 3.63) is 18.0 Å². The summed E-state index contributed by atoms with van der Waals surface area (Å²) in [6, 6.07) is 0. The summed E-state index contributed by atoms with van der Waals surface area (Å²) in [5.74, 6) is 1.62. The summed E-state index contributed by atoms with van der Waals surface area (Å²) in [6.45, 7) is 10.9. The lowest BCUT2D eigenvalue weighted by Gasteiger charge is -2.15. The van der Waals surface area contributed by atoms with Crippen molar-refractivity contribution in [2.24, 2.45) is 18.9 Å². The molecule has 0 aromatic carbocycles. The third-order valence-corrected chi connectivity index (χ3v) is 2.66. The van der Waals surface area contributed by atoms with E-state index in [9.17, 15) is 0 Å². The molecule has 0 fully saturated rings. The second-order valence-corrected chi connectivity index (χ2v) is 4.63. The lowest BCUT2D eigenvalue weighted by molar-refractivity contribution is 0.396. The van der Waals surface area contributed by atoms with Crippen molar-refractivity contribution >= 4 is 0 Å². The number of rotatable bonds is 5. The zero-order valence-corrected chi connectivity index (χ0v) is 11.8. The Morgan fingerprint density at radius 1 is 1.31 bits per heavy atom. The second kappa shape index (κ2) is 8.37. The van der Waals surface area contributed by atoms with Gasteiger partial charge in [0.2, 0.25) is 0 Å². The highest BCUT2D eigenvalue weighted by Crippen LogP contribution is 2.19. The fourth-order valence-electron chi connectivity index (χ4n) is 1.97. The number of hydrogen-bond donors (Lipinski definition) is 0. The molecule has 0 aliphatic heterocycles. The Morgan fingerprint density at radius 3 is 2.31 bits per heavy atom. The average Bonchev–Trinajstić information content (AvgIpc) is 2.65. The van der Waals surface area contributed by atoms with Crippen LogP contribution in [0.15, 0.2) is 12.4 Å². The molecule has 0 aliphatic rings. The van der Waals surface area contributed by atoms with Crippen molar-refractivity contribution in [1.82, 2.24) is 9.78 Å². The lowest BCUT2D eigenvalue weighted by atomic mass is 9.90. The van der Waals surface area contributed by atoms with Gasteiger partial charge in [-0.3, -0.25) is 4.68 Å². The highest BCUT2D eigenvalue weighted by Gasteiger charge is 2.10. The van der Waals surface area contributed by atoms with Gasteiger partial charge < -0.3 is 0 Å². The molecule has 0 bridgehead atoms. The zero-order chi connectivity index (χ0) is 12.6. The van der Waals surface area contributed by atoms with Crippen molar-refractivity contribution in [3.8, 4) is 0 Å². The molecule has 0 amide bonds. The predicted octanol–water partition coefficient (Wildman–Crippen LogP) is 4.06. The van der Waals surface area contributed by atoms with Gasteiger partial charge in [0.1, 0.15) is 0 Å². The Morgan fingerprint density at radius 2 is 1.94 bits per heavy atom. The van der Waals surface area contributed by atoms with Crippen LogP contribution in [0.1, 0.15) is 53.0 Å². The summed E-state index contributed by atoms with van der Waals surface area (Å²) in [7, 11) is 1.98. The molecule has 1 rings (SSSR count). The minimum atomic E-state index is 0.802. The van der Waals surface area contributed by atoms with Crippen LogP contribution >= 0.6 is 0 Å². The van der Waals surface area contributed by atoms with Gasteiger partial charge >= 0.3 is 0 Å². The molecule has 0 aliphatic carbocycles. The molecule has 2 nitrogen and oxygen atoms in total. The zero-order valence-electron chi connectivity index (χ0n) is 11.8. The van der Waals surface area contributed by atoms with E-state index < -0.39 is 0 Å². The van der Waals surface area contributed by atoms with E-state index >= 15 is 0 Å². The summed E-state index contributed by atoms with van der Waals surface area (Å²) < 4.78 is 1.89. The molecule has 1 aromatic rings. The summed E-state index contributed by atoms with van der Waals surface area (Å²) in [4.78, 5) is 0. The van der Waals surface area contributed by atoms with Gasteiger partial charge in [-0.05, 0) is 30.2 Å². The predicted molar refractivity (Wildman–Crippen MR) is 71.5 cm³/mol. The second-order valence-electron chi connectivity index (χ2n) is 4.63. The Hall–Kier alpha value is -0.790. The van der Waals surface area contributed by atoms with Crippen LogP contribution in [0, 0.1) is 11.8 Å². The van der Waals surface area contributed by atoms with Crippen molar-refractivity contribution < 1.29 is 0 Å². The van der Waals surface area contributed by atoms with Crippen LogP contribution in [0.25, 0.3) is 0 Å². The normalized spacial score (nSPS) is 12.2. The minimum absolute atomic E-state index is 0.802. The van der Waals surface area contributed by atoms with E-state index in [1.165, 1.54) is 24.8 Å². The summed E-state index contributed by atoms with van der Waals surface area (Å²) >= 11 is 0. The fraction of sp³-hybridized carbons (Fsp3) is 0.786. The molecule has 0 saturated carbocycles. The van der Waals surface area contributed by atoms with Crippen molar-refractivity contribution in [2.75, 3.05) is 0 Å². The number of aryl methyl sites for hydroxylation is 1. The van der Waals surface area contributed by atoms with Gasteiger partial charge in [0.05, 0.1) is 6.20 Å². The van der Waals surface area contributed by atoms with Crippen molar-refractivity contribution in [1.29, 1.82) is 0 Å². The highest BCUT2D eigenvalue weighted by molar-refractivity contribution is 5.04. The molecule has 16 heavy (non-hydrogen) atoms. The number of nitrogens with zero attached hydrogens (tertiary/aromatic N) is 2. The van der Waals surface area contributed by atoms with Gasteiger partial charge in [-0.1, -0.05) is 41.0 Å². The highest BCUT2D eigenvalue weighted by atomic mass is 15.2. The Labute approximate surface area is 101 Å². The first-order valence-corrected chi connectivity index (χ1v) is 6.59. The smallest absolute Gasteiger partial charge is 0.0521 e. The van der Waals surface area contributed by atoms with Gasteiger partial charge in [-0.2, -0.15) is 5.10 Å². The molecule has 1 heterocycles. The van der Waals surface area contributed by atoms with E-state index in [0.717, 1.165) is 11.8 Å². The summed E-state index contributed by atoms with van der Waals surface area (Å²) in [5, 5.41) is 4.20. The standard InChI is InChI=1S/C12H22N2.C2H6/c1-5-11(6-10(2)3)7-12-8-13-14(4)9-12;1-2/h8-11H,5-7H2,1-4H3;1-2H3. The molecule has 1 atom stereocenters. The molecule has 1 unspecified atom stereocenters. The van der Waals surface area contributed by atoms with E-state index in [-0.39, 0.29) is 0 Å². The van der Waals surface area contributed by atoms with Crippen LogP contribution in [0.3, 0.4) is 0 Å². The van der Waals surface area contributed by atoms with E-state index in [2.05, 4.69) is 32.1 Å². The van der Waals surface area contributed by atoms with Gasteiger partial charge in [0.25, 0.3) is 0 Å². The molecule has 94 valence electrons. The molecule has 0 saturated heterocycles. The van der Waals surface area contributed by atoms with Gasteiger partial charge in [-0.25, -0.2) is 0 Å². The van der Waals surface area contributed by atoms with E-state index in [1.54, 1.807) is 0 Å². The van der Waals surface area contributed by atoms with Crippen molar-refractivity contribution in [3.63, 3.8) is 0 Å². The van der Waals surface area contributed by atoms with E-state index in [4.69, 9.17) is 0 Å². The third kappa shape index (κ3) is 5.94. The van der Waals surface area contributed by atoms with Crippen LogP contribution in [0.4, 0.5) is 0 Å². The maximum atomic E-state index is 4.20. The maximum absolute atomic E-state index is 4.20. The molecule has 0 spiro atoms. The molecule has 0 radical (unpaired) electrons. The first-order valence-electron chi connectivity index (χ1n) is 6.59. The lowest BCUT2D eigenvalue weighted by Crippen LogP contribution is -2.06. The van der Waals surface area contributed by atoms with Gasteiger partial charge in [0.15, 0.2) is 0 Å². The Bertz CT molecular complexity index is 263. The number of aromatic nitrogens is 2. The van der Waals surface area contributed by atoms with Gasteiger partial charge in [0, 0.05) is 13.2 Å². The minimum Gasteiger partial charge on any atom is -0.276 e. The molecular formula is C14H28N2.